The van der Waals surface area contributed by atoms with Crippen molar-refractivity contribution >= 4 is 11.8 Å². The van der Waals surface area contributed by atoms with Crippen molar-refractivity contribution in [1.29, 1.82) is 0 Å². The molecule has 0 saturated carbocycles. The average molecular weight is 396 g/mol. The molecule has 3 atom stereocenters. The first-order chi connectivity index (χ1) is 14.0. The van der Waals surface area contributed by atoms with Gasteiger partial charge in [-0.3, -0.25) is 14.6 Å². The maximum atomic E-state index is 12.3. The molecule has 2 amide bonds. The molecule has 6 heteroatoms. The Balaban J connectivity index is 1.87. The molecule has 1 aliphatic rings. The van der Waals surface area contributed by atoms with E-state index in [1.165, 1.54) is 6.92 Å². The lowest BCUT2D eigenvalue weighted by atomic mass is 9.74. The second-order valence-corrected chi connectivity index (χ2v) is 7.42. The number of carbonyl (C=O) groups excluding carboxylic acids is 2. The molecule has 29 heavy (non-hydrogen) atoms. The minimum atomic E-state index is -0.267. The molecule has 1 N–H and O–H groups in total. The normalized spacial score (nSPS) is 20.8. The maximum absolute atomic E-state index is 12.3. The summed E-state index contributed by atoms with van der Waals surface area (Å²) in [5, 5.41) is 9.95. The lowest BCUT2D eigenvalue weighted by Crippen LogP contribution is -2.68. The van der Waals surface area contributed by atoms with Gasteiger partial charge in [0.15, 0.2) is 0 Å². The van der Waals surface area contributed by atoms with Gasteiger partial charge in [-0.05, 0) is 29.7 Å². The summed E-state index contributed by atoms with van der Waals surface area (Å²) < 4.78 is 0. The van der Waals surface area contributed by atoms with Gasteiger partial charge < -0.3 is 14.9 Å². The van der Waals surface area contributed by atoms with Crippen molar-refractivity contribution in [3.8, 4) is 11.1 Å². The molecule has 0 unspecified atom stereocenters. The molecule has 1 aliphatic heterocycles. The first-order valence-electron chi connectivity index (χ1n) is 10.2. The van der Waals surface area contributed by atoms with E-state index < -0.39 is 0 Å². The molecule has 6 nitrogen and oxygen atoms in total. The number of hydrogen-bond acceptors (Lipinski definition) is 4. The molecular weight excluding hydrogens is 366 g/mol. The van der Waals surface area contributed by atoms with Gasteiger partial charge in [-0.2, -0.15) is 0 Å². The van der Waals surface area contributed by atoms with E-state index >= 15 is 0 Å². The third-order valence-electron chi connectivity index (χ3n) is 5.83. The zero-order valence-corrected chi connectivity index (χ0v) is 17.3. The number of likely N-dealkylation sites (N-methyl/N-ethyl adjacent to an activating group) is 1. The van der Waals surface area contributed by atoms with E-state index in [2.05, 4.69) is 17.1 Å². The van der Waals surface area contributed by atoms with Crippen LogP contribution in [0, 0.1) is 0 Å². The van der Waals surface area contributed by atoms with Gasteiger partial charge in [-0.25, -0.2) is 0 Å². The fourth-order valence-electron chi connectivity index (χ4n) is 4.35. The highest BCUT2D eigenvalue weighted by Gasteiger charge is 2.50. The van der Waals surface area contributed by atoms with Crippen LogP contribution in [0.2, 0.25) is 0 Å². The summed E-state index contributed by atoms with van der Waals surface area (Å²) >= 11 is 0. The van der Waals surface area contributed by atoms with E-state index in [-0.39, 0.29) is 36.4 Å². The minimum absolute atomic E-state index is 0.00875. The number of amides is 2. The Labute approximate surface area is 172 Å². The molecule has 0 radical (unpaired) electrons. The van der Waals surface area contributed by atoms with Crippen molar-refractivity contribution in [2.45, 2.75) is 45.2 Å². The van der Waals surface area contributed by atoms with Gasteiger partial charge in [-0.15, -0.1) is 0 Å². The van der Waals surface area contributed by atoms with Crippen molar-refractivity contribution < 1.29 is 14.7 Å². The molecular formula is C23H29N3O3. The van der Waals surface area contributed by atoms with E-state index in [9.17, 15) is 14.7 Å². The molecule has 154 valence electrons. The lowest BCUT2D eigenvalue weighted by molar-refractivity contribution is -0.152. The van der Waals surface area contributed by atoms with Gasteiger partial charge in [0.05, 0.1) is 18.7 Å². The zero-order chi connectivity index (χ0) is 21.0. The number of aliphatic hydroxyl groups is 1. The summed E-state index contributed by atoms with van der Waals surface area (Å²) in [6.07, 6.45) is 4.01. The summed E-state index contributed by atoms with van der Waals surface area (Å²) in [6, 6.07) is 11.7. The first-order valence-corrected chi connectivity index (χ1v) is 10.2. The number of aliphatic hydroxyl groups excluding tert-OH is 1. The molecule has 0 aliphatic carbocycles. The number of nitrogens with zero attached hydrogens (tertiary/aromatic N) is 3. The summed E-state index contributed by atoms with van der Waals surface area (Å²) in [4.78, 5) is 32.2. The number of hydrogen-bond donors (Lipinski definition) is 1. The van der Waals surface area contributed by atoms with Crippen LogP contribution in [-0.4, -0.2) is 63.5 Å². The number of aromatic nitrogens is 1. The number of likely N-dealkylation sites (tertiary alicyclic amines) is 1. The van der Waals surface area contributed by atoms with Crippen LogP contribution < -0.4 is 0 Å². The van der Waals surface area contributed by atoms with Crippen molar-refractivity contribution in [2.24, 2.45) is 0 Å². The monoisotopic (exact) mass is 395 g/mol. The first kappa shape index (κ1) is 21.0. The Morgan fingerprint density at radius 2 is 1.83 bits per heavy atom. The Kier molecular flexibility index (Phi) is 6.64. The van der Waals surface area contributed by atoms with E-state index in [1.807, 2.05) is 44.3 Å². The Morgan fingerprint density at radius 1 is 1.10 bits per heavy atom. The van der Waals surface area contributed by atoms with Gasteiger partial charge in [0.25, 0.3) is 0 Å². The van der Waals surface area contributed by atoms with Crippen molar-refractivity contribution in [1.82, 2.24) is 14.8 Å². The fraction of sp³-hybridized carbons (Fsp3) is 0.435. The summed E-state index contributed by atoms with van der Waals surface area (Å²) in [7, 11) is 0. The fourth-order valence-corrected chi connectivity index (χ4v) is 4.35. The molecule has 1 fully saturated rings. The topological polar surface area (TPSA) is 73.7 Å². The van der Waals surface area contributed by atoms with Gasteiger partial charge in [0.2, 0.25) is 11.8 Å². The van der Waals surface area contributed by atoms with Crippen LogP contribution in [0.1, 0.15) is 38.7 Å². The van der Waals surface area contributed by atoms with Crippen LogP contribution in [0.25, 0.3) is 11.1 Å². The molecule has 2 aromatic rings. The van der Waals surface area contributed by atoms with Crippen molar-refractivity contribution in [2.75, 3.05) is 19.7 Å². The van der Waals surface area contributed by atoms with Crippen LogP contribution in [0.4, 0.5) is 0 Å². The van der Waals surface area contributed by atoms with Crippen LogP contribution in [-0.2, 0) is 9.59 Å². The summed E-state index contributed by atoms with van der Waals surface area (Å²) in [5.41, 5.74) is 3.18. The smallest absolute Gasteiger partial charge is 0.222 e. The highest BCUT2D eigenvalue weighted by Crippen LogP contribution is 2.41. The number of carbonyl (C=O) groups is 2. The molecule has 1 aromatic heterocycles. The van der Waals surface area contributed by atoms with E-state index in [0.717, 1.165) is 16.7 Å². The zero-order valence-electron chi connectivity index (χ0n) is 17.3. The Morgan fingerprint density at radius 3 is 2.34 bits per heavy atom. The molecule has 0 spiro atoms. The van der Waals surface area contributed by atoms with Crippen LogP contribution in [0.15, 0.2) is 48.8 Å². The SMILES string of the molecule is CCC(=O)N(CC)C[C@@H]1[C@@H](c2ccc(-c3cccnc3)cc2)[C@H](CO)N1C(C)=O. The van der Waals surface area contributed by atoms with Crippen LogP contribution in [0.3, 0.4) is 0 Å². The van der Waals surface area contributed by atoms with E-state index in [4.69, 9.17) is 0 Å². The third-order valence-corrected chi connectivity index (χ3v) is 5.83. The summed E-state index contributed by atoms with van der Waals surface area (Å²) in [5.74, 6) is -0.00281. The van der Waals surface area contributed by atoms with Crippen molar-refractivity contribution in [3.05, 3.63) is 54.4 Å². The number of rotatable bonds is 7. The number of pyridine rings is 1. The largest absolute Gasteiger partial charge is 0.394 e. The molecule has 1 saturated heterocycles. The second kappa shape index (κ2) is 9.18. The highest BCUT2D eigenvalue weighted by molar-refractivity contribution is 5.78. The van der Waals surface area contributed by atoms with Crippen LogP contribution in [0.5, 0.6) is 0 Å². The van der Waals surface area contributed by atoms with Gasteiger partial charge >= 0.3 is 0 Å². The minimum Gasteiger partial charge on any atom is -0.394 e. The van der Waals surface area contributed by atoms with Gasteiger partial charge in [-0.1, -0.05) is 37.3 Å². The molecule has 3 rings (SSSR count). The highest BCUT2D eigenvalue weighted by atomic mass is 16.3. The van der Waals surface area contributed by atoms with Crippen molar-refractivity contribution in [3.63, 3.8) is 0 Å². The van der Waals surface area contributed by atoms with E-state index in [0.29, 0.717) is 19.5 Å². The third kappa shape index (κ3) is 4.17. The maximum Gasteiger partial charge on any atom is 0.222 e. The molecule has 0 bridgehead atoms. The van der Waals surface area contributed by atoms with Gasteiger partial charge in [0.1, 0.15) is 0 Å². The second-order valence-electron chi connectivity index (χ2n) is 7.42. The predicted octanol–water partition coefficient (Wildman–Crippen LogP) is 2.68. The summed E-state index contributed by atoms with van der Waals surface area (Å²) in [6.45, 7) is 6.30. The number of benzene rings is 1. The standard InChI is InChI=1S/C23H29N3O3/c1-4-22(29)25(5-2)14-20-23(21(15-27)26(20)16(3)28)18-10-8-17(9-11-18)19-7-6-12-24-13-19/h6-13,20-21,23,27H,4-5,14-15H2,1-3H3/t20-,21+,23-/m1/s1. The molecule has 2 heterocycles. The van der Waals surface area contributed by atoms with Gasteiger partial charge in [0, 0.05) is 44.7 Å². The quantitative estimate of drug-likeness (QED) is 0.782. The van der Waals surface area contributed by atoms with E-state index in [1.54, 1.807) is 16.0 Å². The average Bonchev–Trinajstić information content (AvgIpc) is 2.73. The Hall–Kier alpha value is -2.73. The molecule has 1 aromatic carbocycles. The lowest BCUT2D eigenvalue weighted by Gasteiger charge is -2.55. The van der Waals surface area contributed by atoms with Crippen LogP contribution >= 0.6 is 0 Å². The Bertz CT molecular complexity index is 838. The predicted molar refractivity (Wildman–Crippen MR) is 112 cm³/mol.